The molecule has 1 rings (SSSR count). The topological polar surface area (TPSA) is 81.0 Å². The van der Waals surface area contributed by atoms with Gasteiger partial charge in [0.15, 0.2) is 10.1 Å². The van der Waals surface area contributed by atoms with Crippen molar-refractivity contribution in [3.05, 3.63) is 35.4 Å². The number of rotatable bonds is 2. The second kappa shape index (κ2) is 6.89. The molecule has 0 aliphatic heterocycles. The average molecular weight is 324 g/mol. The maximum absolute atomic E-state index is 10.7. The van der Waals surface area contributed by atoms with Crippen molar-refractivity contribution in [1.29, 1.82) is 5.26 Å². The zero-order chi connectivity index (χ0) is 16.9. The first-order valence-electron chi connectivity index (χ1n) is 5.58. The summed E-state index contributed by atoms with van der Waals surface area (Å²) in [5.74, 6) is 0. The van der Waals surface area contributed by atoms with E-state index < -0.39 is 15.6 Å². The van der Waals surface area contributed by atoms with Crippen molar-refractivity contribution in [1.82, 2.24) is 0 Å². The maximum atomic E-state index is 10.7. The van der Waals surface area contributed by atoms with Gasteiger partial charge in [-0.2, -0.15) is 18.4 Å². The predicted octanol–water partition coefficient (Wildman–Crippen LogP) is 1.82. The molecule has 0 N–H and O–H groups in total. The van der Waals surface area contributed by atoms with E-state index in [-0.39, 0.29) is 0 Å². The molecule has 21 heavy (non-hydrogen) atoms. The van der Waals surface area contributed by atoms with Gasteiger partial charge in [0.25, 0.3) is 0 Å². The summed E-state index contributed by atoms with van der Waals surface area (Å²) >= 11 is 0. The molecule has 1 aromatic rings. The van der Waals surface area contributed by atoms with Crippen LogP contribution in [0.25, 0.3) is 0 Å². The third-order valence-electron chi connectivity index (χ3n) is 2.02. The smallest absolute Gasteiger partial charge is 0.485 e. The quantitative estimate of drug-likeness (QED) is 0.472. The van der Waals surface area contributed by atoms with Gasteiger partial charge >= 0.3 is 5.51 Å². The average Bonchev–Trinajstić information content (AvgIpc) is 2.26. The van der Waals surface area contributed by atoms with Gasteiger partial charge in [0.1, 0.15) is 6.54 Å². The fourth-order valence-electron chi connectivity index (χ4n) is 1.23. The number of hydrogen-bond acceptors (Lipinski definition) is 4. The van der Waals surface area contributed by atoms with Gasteiger partial charge in [0.05, 0.1) is 32.8 Å². The van der Waals surface area contributed by atoms with Crippen molar-refractivity contribution < 1.29 is 30.6 Å². The predicted molar refractivity (Wildman–Crippen MR) is 68.6 cm³/mol. The molecule has 0 unspecified atom stereocenters. The van der Waals surface area contributed by atoms with E-state index in [1.165, 1.54) is 5.56 Å². The van der Waals surface area contributed by atoms with E-state index in [1.54, 1.807) is 0 Å². The standard InChI is InChI=1S/C11H15N2.CHF3O3S/c1-13(2,3)9-11-6-4-10(8-12)5-7-11;2-1(3,4)8(5,6)7/h4-7H,9H2,1-3H3;(H,5,6,7)/q+1;/p-1. The highest BCUT2D eigenvalue weighted by molar-refractivity contribution is 7.86. The van der Waals surface area contributed by atoms with Gasteiger partial charge in [0, 0.05) is 5.56 Å². The molecule has 0 bridgehead atoms. The van der Waals surface area contributed by atoms with E-state index >= 15 is 0 Å². The molecule has 0 heterocycles. The summed E-state index contributed by atoms with van der Waals surface area (Å²) in [7, 11) is 0.363. The highest BCUT2D eigenvalue weighted by atomic mass is 32.2. The van der Waals surface area contributed by atoms with Gasteiger partial charge in [-0.05, 0) is 12.1 Å². The normalized spacial score (nSPS) is 12.1. The molecule has 0 fully saturated rings. The second-order valence-corrected chi connectivity index (χ2v) is 6.53. The summed E-state index contributed by atoms with van der Waals surface area (Å²) in [6.45, 7) is 0.992. The monoisotopic (exact) mass is 324 g/mol. The van der Waals surface area contributed by atoms with Crippen LogP contribution in [0.1, 0.15) is 11.1 Å². The fraction of sp³-hybridized carbons (Fsp3) is 0.417. The number of benzene rings is 1. The van der Waals surface area contributed by atoms with Crippen LogP contribution in [-0.4, -0.2) is 44.1 Å². The van der Waals surface area contributed by atoms with Crippen LogP contribution < -0.4 is 0 Å². The summed E-state index contributed by atoms with van der Waals surface area (Å²) in [4.78, 5) is 0. The van der Waals surface area contributed by atoms with Crippen LogP contribution in [0, 0.1) is 11.3 Å². The minimum Gasteiger partial charge on any atom is -0.741 e. The Balaban J connectivity index is 0.000000433. The molecule has 0 radical (unpaired) electrons. The van der Waals surface area contributed by atoms with Gasteiger partial charge < -0.3 is 9.04 Å². The van der Waals surface area contributed by atoms with Crippen LogP contribution in [-0.2, 0) is 16.7 Å². The lowest BCUT2D eigenvalue weighted by atomic mass is 10.1. The molecule has 0 aliphatic rings. The Bertz CT molecular complexity index is 597. The Kier molecular flexibility index (Phi) is 6.35. The Morgan fingerprint density at radius 2 is 1.57 bits per heavy atom. The van der Waals surface area contributed by atoms with Crippen molar-refractivity contribution in [2.45, 2.75) is 12.1 Å². The Morgan fingerprint density at radius 1 is 1.19 bits per heavy atom. The molecule has 1 aromatic carbocycles. The number of quaternary nitrogens is 1. The number of halogens is 3. The third-order valence-corrected chi connectivity index (χ3v) is 2.59. The first-order chi connectivity index (χ1) is 9.26. The van der Waals surface area contributed by atoms with Gasteiger partial charge in [-0.1, -0.05) is 12.1 Å². The summed E-state index contributed by atoms with van der Waals surface area (Å²) in [6, 6.07) is 9.88. The zero-order valence-electron chi connectivity index (χ0n) is 11.7. The van der Waals surface area contributed by atoms with E-state index in [9.17, 15) is 13.2 Å². The van der Waals surface area contributed by atoms with Crippen molar-refractivity contribution in [2.75, 3.05) is 21.1 Å². The van der Waals surface area contributed by atoms with Crippen molar-refractivity contribution in [3.63, 3.8) is 0 Å². The number of alkyl halides is 3. The first-order valence-corrected chi connectivity index (χ1v) is 6.99. The molecule has 0 atom stereocenters. The highest BCUT2D eigenvalue weighted by Crippen LogP contribution is 2.20. The highest BCUT2D eigenvalue weighted by Gasteiger charge is 2.36. The summed E-state index contributed by atoms with van der Waals surface area (Å²) in [6.07, 6.45) is 0. The van der Waals surface area contributed by atoms with Gasteiger partial charge in [0.2, 0.25) is 0 Å². The molecule has 118 valence electrons. The van der Waals surface area contributed by atoms with E-state index in [1.807, 2.05) is 24.3 Å². The van der Waals surface area contributed by atoms with Crippen LogP contribution >= 0.6 is 0 Å². The van der Waals surface area contributed by atoms with Crippen molar-refractivity contribution >= 4 is 10.1 Å². The summed E-state index contributed by atoms with van der Waals surface area (Å²) in [5, 5.41) is 8.61. The lowest BCUT2D eigenvalue weighted by Crippen LogP contribution is -2.33. The maximum Gasteiger partial charge on any atom is 0.485 e. The number of nitrogens with zero attached hydrogens (tertiary/aromatic N) is 2. The lowest BCUT2D eigenvalue weighted by Gasteiger charge is -2.23. The first kappa shape index (κ1) is 19.4. The minimum atomic E-state index is -6.09. The Labute approximate surface area is 121 Å². The van der Waals surface area contributed by atoms with Gasteiger partial charge in [-0.25, -0.2) is 8.42 Å². The molecule has 0 amide bonds. The summed E-state index contributed by atoms with van der Waals surface area (Å²) in [5.41, 5.74) is -3.65. The molecule has 0 saturated heterocycles. The van der Waals surface area contributed by atoms with Crippen molar-refractivity contribution in [3.8, 4) is 6.07 Å². The van der Waals surface area contributed by atoms with Crippen LogP contribution in [0.5, 0.6) is 0 Å². The van der Waals surface area contributed by atoms with E-state index in [0.717, 1.165) is 16.6 Å². The molecule has 0 spiro atoms. The molecule has 0 saturated carbocycles. The largest absolute Gasteiger partial charge is 0.741 e. The number of hydrogen-bond donors (Lipinski definition) is 0. The van der Waals surface area contributed by atoms with Crippen LogP contribution in [0.3, 0.4) is 0 Å². The van der Waals surface area contributed by atoms with Crippen LogP contribution in [0.4, 0.5) is 13.2 Å². The fourth-order valence-corrected chi connectivity index (χ4v) is 1.23. The van der Waals surface area contributed by atoms with E-state index in [2.05, 4.69) is 27.2 Å². The molecule has 0 aromatic heterocycles. The molecular formula is C12H15F3N2O3S. The minimum absolute atomic E-state index is 0.727. The Morgan fingerprint density at radius 3 is 1.81 bits per heavy atom. The summed E-state index contributed by atoms with van der Waals surface area (Å²) < 4.78 is 59.8. The molecule has 0 aliphatic carbocycles. The van der Waals surface area contributed by atoms with Gasteiger partial charge in [-0.15, -0.1) is 0 Å². The zero-order valence-corrected chi connectivity index (χ0v) is 12.5. The van der Waals surface area contributed by atoms with Crippen LogP contribution in [0.2, 0.25) is 0 Å². The molecular weight excluding hydrogens is 309 g/mol. The molecule has 9 heteroatoms. The third kappa shape index (κ3) is 8.29. The Hall–Kier alpha value is -1.63. The van der Waals surface area contributed by atoms with Crippen LogP contribution in [0.15, 0.2) is 24.3 Å². The van der Waals surface area contributed by atoms with Gasteiger partial charge in [-0.3, -0.25) is 0 Å². The second-order valence-electron chi connectivity index (χ2n) is 5.16. The van der Waals surface area contributed by atoms with E-state index in [0.29, 0.717) is 0 Å². The molecule has 5 nitrogen and oxygen atoms in total. The lowest BCUT2D eigenvalue weighted by molar-refractivity contribution is -0.884. The van der Waals surface area contributed by atoms with E-state index in [4.69, 9.17) is 18.2 Å². The number of nitriles is 1. The van der Waals surface area contributed by atoms with Crippen molar-refractivity contribution in [2.24, 2.45) is 0 Å². The SMILES string of the molecule is C[N+](C)(C)Cc1ccc(C#N)cc1.O=S(=O)([O-])C(F)(F)F.